The highest BCUT2D eigenvalue weighted by molar-refractivity contribution is 9.12. The molecule has 2 bridgehead atoms. The first-order chi connectivity index (χ1) is 14.7. The Kier molecular flexibility index (Phi) is 6.47. The zero-order valence-corrected chi connectivity index (χ0v) is 20.6. The molecule has 1 aliphatic heterocycles. The lowest BCUT2D eigenvalue weighted by Crippen LogP contribution is -2.37. The quantitative estimate of drug-likeness (QED) is 0.319. The van der Waals surface area contributed by atoms with Gasteiger partial charge in [-0.2, -0.15) is 0 Å². The van der Waals surface area contributed by atoms with Gasteiger partial charge in [0, 0.05) is 26.9 Å². The summed E-state index contributed by atoms with van der Waals surface area (Å²) in [4.78, 5) is 51.3. The number of halogens is 3. The molecule has 2 saturated carbocycles. The van der Waals surface area contributed by atoms with Crippen molar-refractivity contribution in [2.24, 2.45) is 23.7 Å². The van der Waals surface area contributed by atoms with Crippen molar-refractivity contribution in [3.05, 3.63) is 28.8 Å². The molecule has 0 unspecified atom stereocenters. The van der Waals surface area contributed by atoms with Gasteiger partial charge in [0.15, 0.2) is 6.61 Å². The van der Waals surface area contributed by atoms with E-state index in [0.29, 0.717) is 16.3 Å². The molecule has 1 aromatic rings. The maximum atomic E-state index is 12.8. The Morgan fingerprint density at radius 1 is 1.16 bits per heavy atom. The number of benzene rings is 1. The highest BCUT2D eigenvalue weighted by Gasteiger charge is 2.66. The number of hydrogen-bond donors (Lipinski definition) is 1. The van der Waals surface area contributed by atoms with Gasteiger partial charge in [-0.05, 0) is 42.9 Å². The first kappa shape index (κ1) is 22.7. The monoisotopic (exact) mass is 574 g/mol. The van der Waals surface area contributed by atoms with Crippen LogP contribution < -0.4 is 5.32 Å². The van der Waals surface area contributed by atoms with Gasteiger partial charge in [-0.3, -0.25) is 24.1 Å². The molecule has 0 spiro atoms. The highest BCUT2D eigenvalue weighted by Crippen LogP contribution is 2.60. The molecule has 4 rings (SSSR count). The number of nitrogens with one attached hydrogen (secondary N) is 1. The minimum Gasteiger partial charge on any atom is -0.456 e. The fraction of sp³-hybridized carbons (Fsp3) is 0.524. The normalized spacial score (nSPS) is 31.2. The number of hydrogen-bond acceptors (Lipinski definition) is 5. The summed E-state index contributed by atoms with van der Waals surface area (Å²) in [5.41, 5.74) is 1.25. The van der Waals surface area contributed by atoms with Gasteiger partial charge >= 0.3 is 5.97 Å². The van der Waals surface area contributed by atoms with Gasteiger partial charge in [0.2, 0.25) is 11.8 Å². The molecule has 0 aromatic heterocycles. The average molecular weight is 577 g/mol. The molecule has 166 valence electrons. The lowest BCUT2D eigenvalue weighted by atomic mass is 9.81. The summed E-state index contributed by atoms with van der Waals surface area (Å²) < 4.78 is 5.01. The SMILES string of the molecule is Cc1c(Cl)cccc1NC(=O)COC(=O)CCN1C(=O)[C@@H]2[C@H]3C[C@@H]([C@H](Br)[C@H]3Br)[C@H]2C1=O. The number of fused-ring (bicyclic) bond motifs is 5. The predicted octanol–water partition coefficient (Wildman–Crippen LogP) is 3.30. The van der Waals surface area contributed by atoms with Gasteiger partial charge in [0.25, 0.3) is 5.91 Å². The van der Waals surface area contributed by atoms with Crippen LogP contribution >= 0.6 is 43.5 Å². The second-order valence-corrected chi connectivity index (χ2v) is 10.7. The molecule has 31 heavy (non-hydrogen) atoms. The molecule has 10 heteroatoms. The van der Waals surface area contributed by atoms with Crippen LogP contribution in [0.25, 0.3) is 0 Å². The van der Waals surface area contributed by atoms with Crippen molar-refractivity contribution in [1.29, 1.82) is 0 Å². The Hall–Kier alpha value is -1.45. The summed E-state index contributed by atoms with van der Waals surface area (Å²) in [5, 5.41) is 3.16. The van der Waals surface area contributed by atoms with E-state index in [9.17, 15) is 19.2 Å². The van der Waals surface area contributed by atoms with Gasteiger partial charge in [-0.1, -0.05) is 49.5 Å². The van der Waals surface area contributed by atoms with Crippen LogP contribution in [-0.4, -0.2) is 51.4 Å². The molecule has 1 saturated heterocycles. The topological polar surface area (TPSA) is 92.8 Å². The number of anilines is 1. The fourth-order valence-corrected chi connectivity index (χ4v) is 7.03. The molecule has 6 atom stereocenters. The van der Waals surface area contributed by atoms with Gasteiger partial charge < -0.3 is 10.1 Å². The third-order valence-corrected chi connectivity index (χ3v) is 10.1. The van der Waals surface area contributed by atoms with Gasteiger partial charge in [-0.25, -0.2) is 0 Å². The number of carbonyl (C=O) groups excluding carboxylic acids is 4. The molecule has 3 amide bonds. The lowest BCUT2D eigenvalue weighted by molar-refractivity contribution is -0.149. The van der Waals surface area contributed by atoms with Crippen molar-refractivity contribution >= 4 is 72.8 Å². The largest absolute Gasteiger partial charge is 0.456 e. The second-order valence-electron chi connectivity index (χ2n) is 8.20. The van der Waals surface area contributed by atoms with E-state index >= 15 is 0 Å². The van der Waals surface area contributed by atoms with E-state index in [2.05, 4.69) is 37.2 Å². The second kappa shape index (κ2) is 8.83. The minimum absolute atomic E-state index is 0.0299. The number of imide groups is 1. The van der Waals surface area contributed by atoms with E-state index in [-0.39, 0.29) is 58.1 Å². The Balaban J connectivity index is 1.27. The third-order valence-electron chi connectivity index (χ3n) is 6.52. The van der Waals surface area contributed by atoms with Crippen LogP contribution in [0.4, 0.5) is 5.69 Å². The van der Waals surface area contributed by atoms with Gasteiger partial charge in [0.1, 0.15) is 0 Å². The van der Waals surface area contributed by atoms with Gasteiger partial charge in [-0.15, -0.1) is 0 Å². The molecule has 7 nitrogen and oxygen atoms in total. The molecule has 1 heterocycles. The number of nitrogens with zero attached hydrogens (tertiary/aromatic N) is 1. The molecule has 2 aliphatic carbocycles. The zero-order valence-electron chi connectivity index (χ0n) is 16.6. The molecule has 1 aromatic carbocycles. The fourth-order valence-electron chi connectivity index (χ4n) is 4.98. The van der Waals surface area contributed by atoms with Crippen LogP contribution in [0.5, 0.6) is 0 Å². The number of rotatable bonds is 6. The summed E-state index contributed by atoms with van der Waals surface area (Å²) in [7, 11) is 0. The number of carbonyl (C=O) groups is 4. The van der Waals surface area contributed by atoms with Crippen LogP contribution in [0, 0.1) is 30.6 Å². The van der Waals surface area contributed by atoms with E-state index in [1.54, 1.807) is 25.1 Å². The number of esters is 1. The maximum absolute atomic E-state index is 12.8. The Bertz CT molecular complexity index is 926. The molecule has 0 radical (unpaired) electrons. The van der Waals surface area contributed by atoms with Crippen LogP contribution in [0.15, 0.2) is 18.2 Å². The van der Waals surface area contributed by atoms with Crippen molar-refractivity contribution in [2.75, 3.05) is 18.5 Å². The predicted molar refractivity (Wildman–Crippen MR) is 121 cm³/mol. The first-order valence-corrected chi connectivity index (χ1v) is 12.3. The molecule has 1 N–H and O–H groups in total. The van der Waals surface area contributed by atoms with E-state index in [0.717, 1.165) is 6.42 Å². The van der Waals surface area contributed by atoms with Crippen molar-refractivity contribution in [2.45, 2.75) is 29.4 Å². The van der Waals surface area contributed by atoms with Crippen LogP contribution in [0.3, 0.4) is 0 Å². The van der Waals surface area contributed by atoms with Crippen LogP contribution in [0.2, 0.25) is 5.02 Å². The van der Waals surface area contributed by atoms with Crippen LogP contribution in [-0.2, 0) is 23.9 Å². The summed E-state index contributed by atoms with van der Waals surface area (Å²) in [6, 6.07) is 5.12. The third kappa shape index (κ3) is 4.04. The standard InChI is InChI=1S/C21H21Br2ClN2O5/c1-9-12(24)3-2-4-13(9)25-14(27)8-31-15(28)5-6-26-20(29)16-10-7-11(17(16)21(26)30)19(23)18(10)22/h2-4,10-11,16-19H,5-8H2,1H3,(H,25,27)/t10-,11-,16-,17-,18+,19+/m1/s1. The van der Waals surface area contributed by atoms with Crippen molar-refractivity contribution in [3.8, 4) is 0 Å². The molecule has 3 aliphatic rings. The van der Waals surface area contributed by atoms with Gasteiger partial charge in [0.05, 0.1) is 18.3 Å². The highest BCUT2D eigenvalue weighted by atomic mass is 79.9. The van der Waals surface area contributed by atoms with Crippen molar-refractivity contribution in [1.82, 2.24) is 4.90 Å². The first-order valence-electron chi connectivity index (χ1n) is 10.0. The molecule has 3 fully saturated rings. The van der Waals surface area contributed by atoms with Crippen LogP contribution in [0.1, 0.15) is 18.4 Å². The zero-order chi connectivity index (χ0) is 22.4. The van der Waals surface area contributed by atoms with E-state index in [1.165, 1.54) is 4.90 Å². The maximum Gasteiger partial charge on any atom is 0.308 e. The van der Waals surface area contributed by atoms with Crippen molar-refractivity contribution in [3.63, 3.8) is 0 Å². The van der Waals surface area contributed by atoms with E-state index in [1.807, 2.05) is 0 Å². The summed E-state index contributed by atoms with van der Waals surface area (Å²) in [6.45, 7) is 1.28. The number of amides is 3. The minimum atomic E-state index is -0.643. The number of likely N-dealkylation sites (tertiary alicyclic amines) is 1. The summed E-state index contributed by atoms with van der Waals surface area (Å²) in [6.07, 6.45) is 0.709. The number of ether oxygens (including phenoxy) is 1. The molecular weight excluding hydrogens is 556 g/mol. The van der Waals surface area contributed by atoms with E-state index < -0.39 is 18.5 Å². The van der Waals surface area contributed by atoms with E-state index in [4.69, 9.17) is 16.3 Å². The Morgan fingerprint density at radius 3 is 2.39 bits per heavy atom. The molecular formula is C21H21Br2ClN2O5. The summed E-state index contributed by atoms with van der Waals surface area (Å²) >= 11 is 13.3. The Labute approximate surface area is 201 Å². The van der Waals surface area contributed by atoms with Crippen molar-refractivity contribution < 1.29 is 23.9 Å². The summed E-state index contributed by atoms with van der Waals surface area (Å²) in [5.74, 6) is -1.89. The Morgan fingerprint density at radius 2 is 1.77 bits per heavy atom. The smallest absolute Gasteiger partial charge is 0.308 e. The average Bonchev–Trinajstić information content (AvgIpc) is 3.33. The lowest BCUT2D eigenvalue weighted by Gasteiger charge is -2.28. The number of alkyl halides is 2.